The Balaban J connectivity index is 2.06. The van der Waals surface area contributed by atoms with Crippen LogP contribution in [0, 0.1) is 5.41 Å². The minimum absolute atomic E-state index is 0.0134. The summed E-state index contributed by atoms with van der Waals surface area (Å²) in [6, 6.07) is 2.91. The van der Waals surface area contributed by atoms with Gasteiger partial charge in [0, 0.05) is 12.7 Å². The maximum atomic E-state index is 12.0. The van der Waals surface area contributed by atoms with E-state index in [0.29, 0.717) is 6.54 Å². The summed E-state index contributed by atoms with van der Waals surface area (Å²) in [5, 5.41) is 11.8. The minimum Gasteiger partial charge on any atom is -0.478 e. The fourth-order valence-corrected chi connectivity index (χ4v) is 2.44. The van der Waals surface area contributed by atoms with E-state index in [1.807, 2.05) is 0 Å². The summed E-state index contributed by atoms with van der Waals surface area (Å²) in [6.45, 7) is 2.72. The molecule has 0 bridgehead atoms. The third-order valence-electron chi connectivity index (χ3n) is 4.04. The molecule has 5 nitrogen and oxygen atoms in total. The van der Waals surface area contributed by atoms with E-state index in [9.17, 15) is 9.59 Å². The Bertz CT molecular complexity index is 490. The highest BCUT2D eigenvalue weighted by atomic mass is 16.4. The van der Waals surface area contributed by atoms with E-state index in [4.69, 9.17) is 5.11 Å². The first-order valence-corrected chi connectivity index (χ1v) is 6.54. The van der Waals surface area contributed by atoms with Crippen LogP contribution in [0.4, 0.5) is 0 Å². The molecular formula is C14H18N2O3. The number of amides is 1. The average Bonchev–Trinajstić information content (AvgIpc) is 2.37. The number of carbonyl (C=O) groups excluding carboxylic acids is 1. The van der Waals surface area contributed by atoms with Gasteiger partial charge in [-0.05, 0) is 36.8 Å². The highest BCUT2D eigenvalue weighted by molar-refractivity contribution is 6.03. The normalized spacial score (nSPS) is 16.5. The van der Waals surface area contributed by atoms with Crippen molar-refractivity contribution in [2.45, 2.75) is 32.6 Å². The molecule has 0 atom stereocenters. The van der Waals surface area contributed by atoms with E-state index in [1.165, 1.54) is 24.8 Å². The number of carbonyl (C=O) groups is 2. The van der Waals surface area contributed by atoms with Crippen molar-refractivity contribution in [3.8, 4) is 0 Å². The van der Waals surface area contributed by atoms with Gasteiger partial charge in [0.25, 0.3) is 5.91 Å². The first-order chi connectivity index (χ1) is 9.08. The number of hydrogen-bond acceptors (Lipinski definition) is 3. The van der Waals surface area contributed by atoms with Crippen molar-refractivity contribution in [1.82, 2.24) is 10.3 Å². The third-order valence-corrected chi connectivity index (χ3v) is 4.04. The fraction of sp³-hybridized carbons (Fsp3) is 0.500. The Morgan fingerprint density at radius 2 is 2.21 bits per heavy atom. The molecule has 0 aliphatic heterocycles. The number of aromatic nitrogens is 1. The smallest absolute Gasteiger partial charge is 0.338 e. The Kier molecular flexibility index (Phi) is 3.83. The molecule has 19 heavy (non-hydrogen) atoms. The summed E-state index contributed by atoms with van der Waals surface area (Å²) in [7, 11) is 0. The maximum Gasteiger partial charge on any atom is 0.338 e. The van der Waals surface area contributed by atoms with Gasteiger partial charge >= 0.3 is 5.97 Å². The zero-order valence-electron chi connectivity index (χ0n) is 11.0. The first-order valence-electron chi connectivity index (χ1n) is 6.54. The van der Waals surface area contributed by atoms with Crippen molar-refractivity contribution < 1.29 is 14.7 Å². The van der Waals surface area contributed by atoms with Gasteiger partial charge in [-0.1, -0.05) is 13.3 Å². The molecule has 1 amide bonds. The van der Waals surface area contributed by atoms with Crippen LogP contribution in [0.5, 0.6) is 0 Å². The number of carboxylic acids is 1. The molecule has 0 unspecified atom stereocenters. The number of carboxylic acid groups (broad SMARTS) is 1. The summed E-state index contributed by atoms with van der Waals surface area (Å²) >= 11 is 0. The molecular weight excluding hydrogens is 244 g/mol. The lowest BCUT2D eigenvalue weighted by Gasteiger charge is -2.41. The number of nitrogens with one attached hydrogen (secondary N) is 1. The molecule has 1 aliphatic rings. The molecule has 1 saturated carbocycles. The van der Waals surface area contributed by atoms with Crippen LogP contribution in [-0.2, 0) is 0 Å². The fourth-order valence-electron chi connectivity index (χ4n) is 2.44. The van der Waals surface area contributed by atoms with Crippen molar-refractivity contribution >= 4 is 11.9 Å². The summed E-state index contributed by atoms with van der Waals surface area (Å²) in [5.41, 5.74) is 0.133. The van der Waals surface area contributed by atoms with Gasteiger partial charge in [0.1, 0.15) is 5.69 Å². The van der Waals surface area contributed by atoms with Crippen LogP contribution in [-0.4, -0.2) is 28.5 Å². The van der Waals surface area contributed by atoms with Gasteiger partial charge in [-0.3, -0.25) is 9.78 Å². The number of pyridine rings is 1. The Labute approximate surface area is 112 Å². The molecule has 1 aromatic heterocycles. The van der Waals surface area contributed by atoms with Gasteiger partial charge in [0.05, 0.1) is 5.56 Å². The lowest BCUT2D eigenvalue weighted by Crippen LogP contribution is -2.42. The van der Waals surface area contributed by atoms with Crippen molar-refractivity contribution in [3.05, 3.63) is 29.6 Å². The lowest BCUT2D eigenvalue weighted by atomic mass is 9.67. The molecule has 2 N–H and O–H groups in total. The second-order valence-corrected chi connectivity index (χ2v) is 5.09. The predicted octanol–water partition coefficient (Wildman–Crippen LogP) is 2.09. The van der Waals surface area contributed by atoms with Crippen molar-refractivity contribution in [1.29, 1.82) is 0 Å². The van der Waals surface area contributed by atoms with Gasteiger partial charge in [0.2, 0.25) is 0 Å². The first kappa shape index (κ1) is 13.5. The largest absolute Gasteiger partial charge is 0.478 e. The van der Waals surface area contributed by atoms with Gasteiger partial charge < -0.3 is 10.4 Å². The van der Waals surface area contributed by atoms with E-state index in [1.54, 1.807) is 0 Å². The van der Waals surface area contributed by atoms with E-state index >= 15 is 0 Å². The van der Waals surface area contributed by atoms with Gasteiger partial charge in [-0.25, -0.2) is 4.79 Å². The predicted molar refractivity (Wildman–Crippen MR) is 70.1 cm³/mol. The lowest BCUT2D eigenvalue weighted by molar-refractivity contribution is 0.0687. The molecule has 0 saturated heterocycles. The monoisotopic (exact) mass is 262 g/mol. The van der Waals surface area contributed by atoms with E-state index in [2.05, 4.69) is 17.2 Å². The number of nitrogens with zero attached hydrogens (tertiary/aromatic N) is 1. The van der Waals surface area contributed by atoms with Gasteiger partial charge in [-0.2, -0.15) is 0 Å². The molecule has 1 heterocycles. The Morgan fingerprint density at radius 3 is 2.74 bits per heavy atom. The van der Waals surface area contributed by atoms with Crippen LogP contribution in [0.2, 0.25) is 0 Å². The SMILES string of the molecule is CCC1(CNC(=O)c2ncccc2C(=O)O)CCC1. The molecule has 1 aliphatic carbocycles. The molecule has 102 valence electrons. The Morgan fingerprint density at radius 1 is 1.47 bits per heavy atom. The van der Waals surface area contributed by atoms with Gasteiger partial charge in [-0.15, -0.1) is 0 Å². The summed E-state index contributed by atoms with van der Waals surface area (Å²) in [5.74, 6) is -1.54. The van der Waals surface area contributed by atoms with Crippen LogP contribution in [0.1, 0.15) is 53.5 Å². The van der Waals surface area contributed by atoms with E-state index in [0.717, 1.165) is 19.3 Å². The zero-order valence-corrected chi connectivity index (χ0v) is 11.0. The zero-order chi connectivity index (χ0) is 13.9. The summed E-state index contributed by atoms with van der Waals surface area (Å²) < 4.78 is 0. The second-order valence-electron chi connectivity index (χ2n) is 5.09. The average molecular weight is 262 g/mol. The van der Waals surface area contributed by atoms with Crippen molar-refractivity contribution in [2.24, 2.45) is 5.41 Å². The Hall–Kier alpha value is -1.91. The number of hydrogen-bond donors (Lipinski definition) is 2. The third kappa shape index (κ3) is 2.75. The molecule has 1 fully saturated rings. The summed E-state index contributed by atoms with van der Waals surface area (Å²) in [6.07, 6.45) is 5.91. The molecule has 1 aromatic rings. The topological polar surface area (TPSA) is 79.3 Å². The second kappa shape index (κ2) is 5.38. The van der Waals surface area contributed by atoms with Crippen LogP contribution in [0.15, 0.2) is 18.3 Å². The molecule has 5 heteroatoms. The van der Waals surface area contributed by atoms with Crippen molar-refractivity contribution in [2.75, 3.05) is 6.54 Å². The van der Waals surface area contributed by atoms with Crippen LogP contribution in [0.3, 0.4) is 0 Å². The standard InChI is InChI=1S/C14H18N2O3/c1-2-14(6-4-7-14)9-16-12(17)11-10(13(18)19)5-3-8-15-11/h3,5,8H,2,4,6-7,9H2,1H3,(H,16,17)(H,18,19). The minimum atomic E-state index is -1.13. The van der Waals surface area contributed by atoms with Crippen LogP contribution < -0.4 is 5.32 Å². The molecule has 0 radical (unpaired) electrons. The molecule has 2 rings (SSSR count). The van der Waals surface area contributed by atoms with Crippen LogP contribution in [0.25, 0.3) is 0 Å². The number of aromatic carboxylic acids is 1. The molecule has 0 aromatic carbocycles. The number of rotatable bonds is 5. The van der Waals surface area contributed by atoms with Crippen LogP contribution >= 0.6 is 0 Å². The summed E-state index contributed by atoms with van der Waals surface area (Å²) in [4.78, 5) is 26.9. The highest BCUT2D eigenvalue weighted by Crippen LogP contribution is 2.43. The highest BCUT2D eigenvalue weighted by Gasteiger charge is 2.35. The van der Waals surface area contributed by atoms with Gasteiger partial charge in [0.15, 0.2) is 0 Å². The maximum absolute atomic E-state index is 12.0. The quantitative estimate of drug-likeness (QED) is 0.851. The van der Waals surface area contributed by atoms with E-state index in [-0.39, 0.29) is 16.7 Å². The molecule has 0 spiro atoms. The van der Waals surface area contributed by atoms with E-state index < -0.39 is 11.9 Å². The van der Waals surface area contributed by atoms with Crippen molar-refractivity contribution in [3.63, 3.8) is 0 Å².